The normalized spacial score (nSPS) is 21.8. The fraction of sp³-hybridized carbons (Fsp3) is 0.917. The van der Waals surface area contributed by atoms with E-state index in [1.54, 1.807) is 7.11 Å². The van der Waals surface area contributed by atoms with Crippen molar-refractivity contribution in [1.29, 1.82) is 0 Å². The van der Waals surface area contributed by atoms with Crippen LogP contribution in [0.3, 0.4) is 0 Å². The van der Waals surface area contributed by atoms with Crippen LogP contribution in [0.4, 0.5) is 0 Å². The highest BCUT2D eigenvalue weighted by Crippen LogP contribution is 2.26. The third kappa shape index (κ3) is 3.74. The molecule has 3 nitrogen and oxygen atoms in total. The van der Waals surface area contributed by atoms with E-state index in [0.29, 0.717) is 6.61 Å². The van der Waals surface area contributed by atoms with Gasteiger partial charge in [0, 0.05) is 20.1 Å². The maximum absolute atomic E-state index is 5.76. The largest absolute Gasteiger partial charge is 0.352 e. The zero-order valence-corrected chi connectivity index (χ0v) is 10.3. The molecule has 1 heterocycles. The summed E-state index contributed by atoms with van der Waals surface area (Å²) in [7, 11) is 1.73. The van der Waals surface area contributed by atoms with Crippen molar-refractivity contribution in [2.75, 3.05) is 26.8 Å². The summed E-state index contributed by atoms with van der Waals surface area (Å²) >= 11 is 0. The van der Waals surface area contributed by atoms with Gasteiger partial charge in [-0.25, -0.2) is 0 Å². The van der Waals surface area contributed by atoms with E-state index in [4.69, 9.17) is 9.47 Å². The molecule has 0 aliphatic carbocycles. The van der Waals surface area contributed by atoms with Crippen molar-refractivity contribution >= 4 is 0 Å². The molecule has 0 aromatic carbocycles. The van der Waals surface area contributed by atoms with Crippen LogP contribution in [0.15, 0.2) is 0 Å². The number of hydrogen-bond acceptors (Lipinski definition) is 3. The molecule has 1 saturated heterocycles. The highest BCUT2D eigenvalue weighted by Gasteiger charge is 2.33. The van der Waals surface area contributed by atoms with Crippen LogP contribution in [0.1, 0.15) is 39.5 Å². The van der Waals surface area contributed by atoms with Crippen molar-refractivity contribution in [2.24, 2.45) is 0 Å². The Kier molecular flexibility index (Phi) is 5.58. The van der Waals surface area contributed by atoms with E-state index >= 15 is 0 Å². The van der Waals surface area contributed by atoms with Crippen LogP contribution in [-0.2, 0) is 9.47 Å². The topological polar surface area (TPSA) is 21.7 Å². The molecule has 0 aromatic heterocycles. The number of rotatable bonds is 7. The van der Waals surface area contributed by atoms with Gasteiger partial charge < -0.3 is 9.47 Å². The summed E-state index contributed by atoms with van der Waals surface area (Å²) in [4.78, 5) is 2.33. The van der Waals surface area contributed by atoms with Gasteiger partial charge in [0.1, 0.15) is 0 Å². The van der Waals surface area contributed by atoms with E-state index in [2.05, 4.69) is 18.4 Å². The molecule has 0 amide bonds. The van der Waals surface area contributed by atoms with Crippen LogP contribution in [0.25, 0.3) is 0 Å². The van der Waals surface area contributed by atoms with Gasteiger partial charge in [-0.05, 0) is 32.9 Å². The van der Waals surface area contributed by atoms with Gasteiger partial charge in [-0.2, -0.15) is 0 Å². The number of methoxy groups -OCH3 is 1. The third-order valence-electron chi connectivity index (χ3n) is 2.85. The molecule has 1 aliphatic rings. The Hall–Kier alpha value is -0.120. The van der Waals surface area contributed by atoms with Crippen molar-refractivity contribution in [3.05, 3.63) is 6.54 Å². The zero-order valence-electron chi connectivity index (χ0n) is 10.3. The molecule has 89 valence electrons. The maximum Gasteiger partial charge on any atom is 0.185 e. The van der Waals surface area contributed by atoms with Gasteiger partial charge in [-0.3, -0.25) is 4.90 Å². The Morgan fingerprint density at radius 3 is 2.40 bits per heavy atom. The first-order chi connectivity index (χ1) is 7.26. The van der Waals surface area contributed by atoms with E-state index in [1.165, 1.54) is 12.8 Å². The Morgan fingerprint density at radius 1 is 1.27 bits per heavy atom. The van der Waals surface area contributed by atoms with Gasteiger partial charge in [0.2, 0.25) is 0 Å². The lowest BCUT2D eigenvalue weighted by molar-refractivity contribution is -0.212. The first-order valence-corrected chi connectivity index (χ1v) is 6.05. The number of hydrogen-bond donors (Lipinski definition) is 0. The molecule has 1 unspecified atom stereocenters. The van der Waals surface area contributed by atoms with Crippen molar-refractivity contribution in [1.82, 2.24) is 4.90 Å². The van der Waals surface area contributed by atoms with Crippen LogP contribution in [0.5, 0.6) is 0 Å². The predicted octanol–water partition coefficient (Wildman–Crippen LogP) is 2.42. The lowest BCUT2D eigenvalue weighted by Crippen LogP contribution is -2.41. The summed E-state index contributed by atoms with van der Waals surface area (Å²) in [5, 5.41) is 0. The highest BCUT2D eigenvalue weighted by atomic mass is 16.7. The van der Waals surface area contributed by atoms with Crippen LogP contribution >= 0.6 is 0 Å². The van der Waals surface area contributed by atoms with Crippen molar-refractivity contribution < 1.29 is 9.47 Å². The third-order valence-corrected chi connectivity index (χ3v) is 2.85. The van der Waals surface area contributed by atoms with Gasteiger partial charge in [0.25, 0.3) is 0 Å². The molecule has 1 aliphatic heterocycles. The summed E-state index contributed by atoms with van der Waals surface area (Å²) in [6, 6.07) is 0. The molecular formula is C12H24NO2. The molecule has 15 heavy (non-hydrogen) atoms. The van der Waals surface area contributed by atoms with Gasteiger partial charge in [0.05, 0.1) is 6.54 Å². The van der Waals surface area contributed by atoms with Gasteiger partial charge in [-0.15, -0.1) is 0 Å². The number of likely N-dealkylation sites (tertiary alicyclic amines) is 1. The second kappa shape index (κ2) is 6.46. The molecule has 0 spiro atoms. The minimum atomic E-state index is -0.492. The van der Waals surface area contributed by atoms with Crippen molar-refractivity contribution in [3.63, 3.8) is 0 Å². The second-order valence-electron chi connectivity index (χ2n) is 4.07. The van der Waals surface area contributed by atoms with Gasteiger partial charge in [0.15, 0.2) is 5.79 Å². The number of ether oxygens (including phenoxy) is 2. The summed E-state index contributed by atoms with van der Waals surface area (Å²) in [6.07, 6.45) is 4.56. The Morgan fingerprint density at radius 2 is 1.93 bits per heavy atom. The molecule has 0 bridgehead atoms. The zero-order chi connectivity index (χ0) is 11.1. The van der Waals surface area contributed by atoms with Gasteiger partial charge >= 0.3 is 0 Å². The summed E-state index contributed by atoms with van der Waals surface area (Å²) in [6.45, 7) is 9.29. The standard InChI is InChI=1S/C12H24NO2/c1-4-8-12(14-3,15-5-2)11-13-9-6-7-10-13/h11H,4-10H2,1-3H3. The minimum Gasteiger partial charge on any atom is -0.352 e. The summed E-state index contributed by atoms with van der Waals surface area (Å²) in [5.74, 6) is -0.492. The van der Waals surface area contributed by atoms with E-state index in [1.807, 2.05) is 6.92 Å². The number of nitrogens with zero attached hydrogens (tertiary/aromatic N) is 1. The van der Waals surface area contributed by atoms with E-state index in [9.17, 15) is 0 Å². The van der Waals surface area contributed by atoms with Crippen LogP contribution in [-0.4, -0.2) is 37.5 Å². The maximum atomic E-state index is 5.76. The van der Waals surface area contributed by atoms with E-state index < -0.39 is 5.79 Å². The average molecular weight is 214 g/mol. The molecule has 0 saturated carbocycles. The Balaban J connectivity index is 2.51. The van der Waals surface area contributed by atoms with Crippen LogP contribution in [0.2, 0.25) is 0 Å². The minimum absolute atomic E-state index is 0.492. The predicted molar refractivity (Wildman–Crippen MR) is 61.4 cm³/mol. The molecule has 1 radical (unpaired) electrons. The van der Waals surface area contributed by atoms with Gasteiger partial charge in [-0.1, -0.05) is 13.3 Å². The Labute approximate surface area is 93.7 Å². The highest BCUT2D eigenvalue weighted by molar-refractivity contribution is 4.88. The lowest BCUT2D eigenvalue weighted by atomic mass is 10.1. The summed E-state index contributed by atoms with van der Waals surface area (Å²) in [5.41, 5.74) is 0. The first-order valence-electron chi connectivity index (χ1n) is 6.05. The van der Waals surface area contributed by atoms with E-state index in [-0.39, 0.29) is 0 Å². The fourth-order valence-corrected chi connectivity index (χ4v) is 2.13. The quantitative estimate of drug-likeness (QED) is 0.607. The molecule has 1 fully saturated rings. The SMILES string of the molecule is CCCC([CH]N1CCCC1)(OC)OCC. The van der Waals surface area contributed by atoms with Crippen LogP contribution < -0.4 is 0 Å². The molecule has 3 heteroatoms. The van der Waals surface area contributed by atoms with Crippen molar-refractivity contribution in [2.45, 2.75) is 45.3 Å². The van der Waals surface area contributed by atoms with Crippen molar-refractivity contribution in [3.8, 4) is 0 Å². The molecule has 1 rings (SSSR count). The molecule has 0 aromatic rings. The molecule has 0 N–H and O–H groups in total. The van der Waals surface area contributed by atoms with E-state index in [0.717, 1.165) is 25.9 Å². The average Bonchev–Trinajstić information content (AvgIpc) is 2.71. The summed E-state index contributed by atoms with van der Waals surface area (Å²) < 4.78 is 11.3. The molecular weight excluding hydrogens is 190 g/mol. The monoisotopic (exact) mass is 214 g/mol. The fourth-order valence-electron chi connectivity index (χ4n) is 2.13. The lowest BCUT2D eigenvalue weighted by Gasteiger charge is -2.34. The Bertz CT molecular complexity index is 161. The second-order valence-corrected chi connectivity index (χ2v) is 4.07. The molecule has 1 atom stereocenters. The van der Waals surface area contributed by atoms with Crippen LogP contribution in [0, 0.1) is 6.54 Å². The smallest absolute Gasteiger partial charge is 0.185 e. The first kappa shape index (κ1) is 12.9.